The second kappa shape index (κ2) is 9.33. The zero-order valence-electron chi connectivity index (χ0n) is 11.0. The average molecular weight is 317 g/mol. The molecule has 4 nitrogen and oxygen atoms in total. The summed E-state index contributed by atoms with van der Waals surface area (Å²) in [5.74, 6) is 0.907. The molecule has 1 rings (SSSR count). The molecule has 0 amide bonds. The van der Waals surface area contributed by atoms with Gasteiger partial charge in [0.2, 0.25) is 0 Å². The highest BCUT2D eigenvalue weighted by Crippen LogP contribution is 2.23. The SMILES string of the molecule is COCCNCCNCc1ccc(Br)cc1OC. The minimum Gasteiger partial charge on any atom is -0.496 e. The van der Waals surface area contributed by atoms with Crippen molar-refractivity contribution in [2.45, 2.75) is 6.54 Å². The van der Waals surface area contributed by atoms with E-state index in [1.807, 2.05) is 12.1 Å². The van der Waals surface area contributed by atoms with Crippen LogP contribution in [0.1, 0.15) is 5.56 Å². The molecule has 102 valence electrons. The highest BCUT2D eigenvalue weighted by Gasteiger charge is 2.02. The van der Waals surface area contributed by atoms with E-state index in [9.17, 15) is 0 Å². The van der Waals surface area contributed by atoms with Crippen LogP contribution in [-0.4, -0.2) is 40.5 Å². The van der Waals surface area contributed by atoms with Gasteiger partial charge in [-0.1, -0.05) is 22.0 Å². The molecule has 0 fully saturated rings. The van der Waals surface area contributed by atoms with E-state index in [1.165, 1.54) is 0 Å². The normalized spacial score (nSPS) is 10.6. The van der Waals surface area contributed by atoms with Crippen LogP contribution in [0, 0.1) is 0 Å². The van der Waals surface area contributed by atoms with Gasteiger partial charge in [0, 0.05) is 43.3 Å². The second-order valence-electron chi connectivity index (χ2n) is 3.88. The van der Waals surface area contributed by atoms with Crippen molar-refractivity contribution in [1.29, 1.82) is 0 Å². The van der Waals surface area contributed by atoms with Crippen LogP contribution < -0.4 is 15.4 Å². The lowest BCUT2D eigenvalue weighted by molar-refractivity contribution is 0.199. The van der Waals surface area contributed by atoms with Gasteiger partial charge in [-0.05, 0) is 12.1 Å². The lowest BCUT2D eigenvalue weighted by Gasteiger charge is -2.10. The van der Waals surface area contributed by atoms with Gasteiger partial charge in [-0.3, -0.25) is 0 Å². The fourth-order valence-corrected chi connectivity index (χ4v) is 1.90. The van der Waals surface area contributed by atoms with Gasteiger partial charge in [-0.15, -0.1) is 0 Å². The van der Waals surface area contributed by atoms with E-state index < -0.39 is 0 Å². The Morgan fingerprint density at radius 3 is 2.61 bits per heavy atom. The smallest absolute Gasteiger partial charge is 0.124 e. The van der Waals surface area contributed by atoms with E-state index in [0.29, 0.717) is 0 Å². The molecule has 0 saturated carbocycles. The number of ether oxygens (including phenoxy) is 2. The van der Waals surface area contributed by atoms with E-state index >= 15 is 0 Å². The molecule has 5 heteroatoms. The minimum absolute atomic E-state index is 0.751. The van der Waals surface area contributed by atoms with Crippen LogP contribution in [-0.2, 0) is 11.3 Å². The molecule has 0 aromatic heterocycles. The van der Waals surface area contributed by atoms with E-state index in [0.717, 1.165) is 48.6 Å². The van der Waals surface area contributed by atoms with Crippen LogP contribution in [0.4, 0.5) is 0 Å². The van der Waals surface area contributed by atoms with Crippen molar-refractivity contribution >= 4 is 15.9 Å². The third-order valence-corrected chi connectivity index (χ3v) is 3.02. The Morgan fingerprint density at radius 1 is 1.11 bits per heavy atom. The van der Waals surface area contributed by atoms with Crippen molar-refractivity contribution < 1.29 is 9.47 Å². The molecule has 0 aliphatic carbocycles. The first-order valence-corrected chi connectivity index (χ1v) is 6.80. The van der Waals surface area contributed by atoms with E-state index in [1.54, 1.807) is 14.2 Å². The summed E-state index contributed by atoms with van der Waals surface area (Å²) in [4.78, 5) is 0. The van der Waals surface area contributed by atoms with Gasteiger partial charge in [0.1, 0.15) is 5.75 Å². The van der Waals surface area contributed by atoms with Gasteiger partial charge in [-0.2, -0.15) is 0 Å². The average Bonchev–Trinajstić information content (AvgIpc) is 2.39. The Hall–Kier alpha value is -0.620. The van der Waals surface area contributed by atoms with Gasteiger partial charge in [0.25, 0.3) is 0 Å². The first-order chi connectivity index (χ1) is 8.77. The Labute approximate surface area is 117 Å². The molecule has 0 radical (unpaired) electrons. The van der Waals surface area contributed by atoms with E-state index in [4.69, 9.17) is 9.47 Å². The van der Waals surface area contributed by atoms with Gasteiger partial charge < -0.3 is 20.1 Å². The number of rotatable bonds is 9. The number of benzene rings is 1. The maximum atomic E-state index is 5.33. The summed E-state index contributed by atoms with van der Waals surface area (Å²) in [5.41, 5.74) is 1.16. The molecule has 0 aliphatic rings. The summed E-state index contributed by atoms with van der Waals surface area (Å²) in [6.07, 6.45) is 0. The van der Waals surface area contributed by atoms with Gasteiger partial charge in [-0.25, -0.2) is 0 Å². The summed E-state index contributed by atoms with van der Waals surface area (Å²) < 4.78 is 11.3. The van der Waals surface area contributed by atoms with Crippen molar-refractivity contribution in [3.8, 4) is 5.75 Å². The molecular formula is C13H21BrN2O2. The maximum Gasteiger partial charge on any atom is 0.124 e. The Balaban J connectivity index is 2.22. The molecule has 0 spiro atoms. The molecule has 0 saturated heterocycles. The number of hydrogen-bond acceptors (Lipinski definition) is 4. The van der Waals surface area contributed by atoms with Crippen LogP contribution in [0.25, 0.3) is 0 Å². The first kappa shape index (κ1) is 15.4. The predicted molar refractivity (Wildman–Crippen MR) is 77.1 cm³/mol. The molecular weight excluding hydrogens is 296 g/mol. The molecule has 18 heavy (non-hydrogen) atoms. The van der Waals surface area contributed by atoms with Crippen LogP contribution >= 0.6 is 15.9 Å². The standard InChI is InChI=1S/C13H21BrN2O2/c1-17-8-7-15-5-6-16-10-11-3-4-12(14)9-13(11)18-2/h3-4,9,15-16H,5-8,10H2,1-2H3. The predicted octanol–water partition coefficient (Wildman–Crippen LogP) is 1.78. The summed E-state index contributed by atoms with van der Waals surface area (Å²) in [5, 5.41) is 6.66. The van der Waals surface area contributed by atoms with Crippen molar-refractivity contribution in [3.63, 3.8) is 0 Å². The van der Waals surface area contributed by atoms with Gasteiger partial charge in [0.15, 0.2) is 0 Å². The number of hydrogen-bond donors (Lipinski definition) is 2. The summed E-state index contributed by atoms with van der Waals surface area (Å²) in [6, 6.07) is 6.07. The van der Waals surface area contributed by atoms with Gasteiger partial charge in [0.05, 0.1) is 13.7 Å². The largest absolute Gasteiger partial charge is 0.496 e. The molecule has 0 unspecified atom stereocenters. The van der Waals surface area contributed by atoms with E-state index in [-0.39, 0.29) is 0 Å². The molecule has 1 aromatic carbocycles. The third kappa shape index (κ3) is 5.82. The first-order valence-electron chi connectivity index (χ1n) is 6.00. The third-order valence-electron chi connectivity index (χ3n) is 2.53. The Morgan fingerprint density at radius 2 is 1.89 bits per heavy atom. The Kier molecular flexibility index (Phi) is 8.00. The monoisotopic (exact) mass is 316 g/mol. The van der Waals surface area contributed by atoms with Gasteiger partial charge >= 0.3 is 0 Å². The zero-order valence-corrected chi connectivity index (χ0v) is 12.5. The minimum atomic E-state index is 0.751. The zero-order chi connectivity index (χ0) is 13.2. The molecule has 0 atom stereocenters. The lowest BCUT2D eigenvalue weighted by Crippen LogP contribution is -2.29. The molecule has 0 bridgehead atoms. The number of nitrogens with one attached hydrogen (secondary N) is 2. The summed E-state index contributed by atoms with van der Waals surface area (Å²) >= 11 is 3.43. The molecule has 0 heterocycles. The molecule has 2 N–H and O–H groups in total. The maximum absolute atomic E-state index is 5.33. The Bertz CT molecular complexity index is 348. The highest BCUT2D eigenvalue weighted by molar-refractivity contribution is 9.10. The second-order valence-corrected chi connectivity index (χ2v) is 4.79. The van der Waals surface area contributed by atoms with E-state index in [2.05, 4.69) is 32.6 Å². The van der Waals surface area contributed by atoms with Crippen molar-refractivity contribution in [2.75, 3.05) is 40.5 Å². The van der Waals surface area contributed by atoms with Crippen LogP contribution in [0.2, 0.25) is 0 Å². The number of halogens is 1. The van der Waals surface area contributed by atoms with Crippen molar-refractivity contribution in [1.82, 2.24) is 10.6 Å². The summed E-state index contributed by atoms with van der Waals surface area (Å²) in [7, 11) is 3.40. The van der Waals surface area contributed by atoms with Crippen molar-refractivity contribution in [2.24, 2.45) is 0 Å². The fourth-order valence-electron chi connectivity index (χ4n) is 1.56. The lowest BCUT2D eigenvalue weighted by atomic mass is 10.2. The quantitative estimate of drug-likeness (QED) is 0.682. The summed E-state index contributed by atoms with van der Waals surface area (Å²) in [6.45, 7) is 4.30. The highest BCUT2D eigenvalue weighted by atomic mass is 79.9. The fraction of sp³-hybridized carbons (Fsp3) is 0.538. The number of methoxy groups -OCH3 is 2. The topological polar surface area (TPSA) is 42.5 Å². The van der Waals surface area contributed by atoms with Crippen molar-refractivity contribution in [3.05, 3.63) is 28.2 Å². The van der Waals surface area contributed by atoms with Crippen LogP contribution in [0.5, 0.6) is 5.75 Å². The molecule has 0 aliphatic heterocycles. The van der Waals surface area contributed by atoms with Crippen LogP contribution in [0.15, 0.2) is 22.7 Å². The van der Waals surface area contributed by atoms with Crippen LogP contribution in [0.3, 0.4) is 0 Å². The molecule has 1 aromatic rings.